The van der Waals surface area contributed by atoms with Gasteiger partial charge in [0.2, 0.25) is 0 Å². The zero-order valence-electron chi connectivity index (χ0n) is 13.7. The van der Waals surface area contributed by atoms with Crippen LogP contribution in [-0.2, 0) is 14.3 Å². The number of ketones is 1. The Bertz CT molecular complexity index is 772. The lowest BCUT2D eigenvalue weighted by Crippen LogP contribution is -2.25. The van der Waals surface area contributed by atoms with E-state index in [1.54, 1.807) is 13.2 Å². The van der Waals surface area contributed by atoms with Crippen LogP contribution < -0.4 is 0 Å². The quantitative estimate of drug-likeness (QED) is 0.230. The van der Waals surface area contributed by atoms with Crippen molar-refractivity contribution in [3.63, 3.8) is 0 Å². The van der Waals surface area contributed by atoms with Crippen LogP contribution in [0.1, 0.15) is 25.3 Å². The monoisotopic (exact) mass is 401 g/mol. The molecule has 0 spiro atoms. The molecule has 1 saturated carbocycles. The molecule has 0 heterocycles. The molecule has 0 saturated heterocycles. The first-order valence-electron chi connectivity index (χ1n) is 7.59. The van der Waals surface area contributed by atoms with Gasteiger partial charge < -0.3 is 9.84 Å². The van der Waals surface area contributed by atoms with E-state index in [-0.39, 0.29) is 28.7 Å². The molecule has 1 fully saturated rings. The summed E-state index contributed by atoms with van der Waals surface area (Å²) in [6.07, 6.45) is 3.08. The van der Waals surface area contributed by atoms with Gasteiger partial charge in [0.05, 0.1) is 22.2 Å². The Morgan fingerprint density at radius 3 is 2.52 bits per heavy atom. The molecule has 5 nitrogen and oxygen atoms in total. The van der Waals surface area contributed by atoms with Crippen LogP contribution >= 0.6 is 35.0 Å². The van der Waals surface area contributed by atoms with Crippen molar-refractivity contribution in [2.45, 2.75) is 24.7 Å². The van der Waals surface area contributed by atoms with Crippen molar-refractivity contribution in [3.8, 4) is 0 Å². The molecule has 1 aromatic carbocycles. The minimum absolute atomic E-state index is 0.0652. The molecule has 0 radical (unpaired) electrons. The van der Waals surface area contributed by atoms with E-state index in [9.17, 15) is 14.7 Å². The largest absolute Gasteiger partial charge is 0.506 e. The zero-order valence-corrected chi connectivity index (χ0v) is 16.0. The number of ether oxygens (including phenoxy) is 1. The molecule has 8 heteroatoms. The van der Waals surface area contributed by atoms with Gasteiger partial charge in [0, 0.05) is 16.4 Å². The molecule has 0 aromatic heterocycles. The average molecular weight is 402 g/mol. The fraction of sp³-hybridized carbons (Fsp3) is 0.353. The number of aliphatic hydroxyl groups is 1. The summed E-state index contributed by atoms with van der Waals surface area (Å²) >= 11 is 13.4. The van der Waals surface area contributed by atoms with E-state index in [0.717, 1.165) is 0 Å². The molecule has 2 rings (SSSR count). The smallest absolute Gasteiger partial charge is 0.357 e. The molecule has 1 aliphatic rings. The number of carbonyl (C=O) groups excluding carboxylic acids is 2. The summed E-state index contributed by atoms with van der Waals surface area (Å²) in [6, 6.07) is 3.00. The van der Waals surface area contributed by atoms with Crippen LogP contribution in [0.15, 0.2) is 22.6 Å². The normalized spacial score (nSPS) is 14.7. The molecule has 25 heavy (non-hydrogen) atoms. The maximum Gasteiger partial charge on any atom is 0.357 e. The number of aliphatic hydroxyl groups excluding tert-OH is 1. The van der Waals surface area contributed by atoms with E-state index in [1.807, 2.05) is 0 Å². The van der Waals surface area contributed by atoms with E-state index >= 15 is 0 Å². The van der Waals surface area contributed by atoms with Gasteiger partial charge in [0.15, 0.2) is 11.5 Å². The number of hydrogen-bond donors (Lipinski definition) is 2. The van der Waals surface area contributed by atoms with E-state index in [0.29, 0.717) is 22.8 Å². The standard InChI is InChI=1S/C17H17Cl2NO4S/c1-3-24-17(23)13(20)11(14(21)8-4-5-8)15(22)9-6-7-10(18)12(19)16(9)25-2/h6-8,20,22H,3-5H2,1-2H3. The first-order chi connectivity index (χ1) is 11.8. The molecule has 1 aromatic rings. The Labute approximate surface area is 159 Å². The zero-order chi connectivity index (χ0) is 18.7. The fourth-order valence-corrected chi connectivity index (χ4v) is 3.55. The van der Waals surface area contributed by atoms with Crippen molar-refractivity contribution in [1.29, 1.82) is 5.41 Å². The van der Waals surface area contributed by atoms with Crippen molar-refractivity contribution in [1.82, 2.24) is 0 Å². The van der Waals surface area contributed by atoms with Crippen LogP contribution in [0.2, 0.25) is 10.0 Å². The predicted molar refractivity (Wildman–Crippen MR) is 99.9 cm³/mol. The summed E-state index contributed by atoms with van der Waals surface area (Å²) < 4.78 is 4.81. The summed E-state index contributed by atoms with van der Waals surface area (Å²) in [5.41, 5.74) is -0.746. The van der Waals surface area contributed by atoms with Gasteiger partial charge in [-0.1, -0.05) is 23.2 Å². The predicted octanol–water partition coefficient (Wildman–Crippen LogP) is 4.55. The second-order valence-electron chi connectivity index (χ2n) is 5.40. The van der Waals surface area contributed by atoms with E-state index in [1.165, 1.54) is 23.9 Å². The highest BCUT2D eigenvalue weighted by molar-refractivity contribution is 7.98. The number of Topliss-reactive ketones (excluding diaryl/α,β-unsaturated/α-hetero) is 1. The van der Waals surface area contributed by atoms with Gasteiger partial charge in [-0.25, -0.2) is 4.79 Å². The third-order valence-electron chi connectivity index (χ3n) is 3.67. The van der Waals surface area contributed by atoms with Crippen molar-refractivity contribution in [3.05, 3.63) is 33.3 Å². The Hall–Kier alpha value is -1.50. The third-order valence-corrected chi connectivity index (χ3v) is 5.42. The highest BCUT2D eigenvalue weighted by atomic mass is 35.5. The fourth-order valence-electron chi connectivity index (χ4n) is 2.27. The molecule has 0 atom stereocenters. The average Bonchev–Trinajstić information content (AvgIpc) is 3.42. The lowest BCUT2D eigenvalue weighted by molar-refractivity contribution is -0.135. The van der Waals surface area contributed by atoms with E-state index < -0.39 is 23.2 Å². The van der Waals surface area contributed by atoms with Crippen LogP contribution in [0.3, 0.4) is 0 Å². The summed E-state index contributed by atoms with van der Waals surface area (Å²) in [5, 5.41) is 19.3. The molecule has 0 aliphatic heterocycles. The van der Waals surface area contributed by atoms with Gasteiger partial charge in [0.1, 0.15) is 5.76 Å². The van der Waals surface area contributed by atoms with Crippen molar-refractivity contribution in [2.24, 2.45) is 5.92 Å². The molecular weight excluding hydrogens is 385 g/mol. The number of nitrogens with one attached hydrogen (secondary N) is 1. The maximum absolute atomic E-state index is 12.6. The van der Waals surface area contributed by atoms with Crippen LogP contribution in [0.5, 0.6) is 0 Å². The van der Waals surface area contributed by atoms with Crippen LogP contribution in [0.25, 0.3) is 5.76 Å². The molecule has 1 aliphatic carbocycles. The number of esters is 1. The van der Waals surface area contributed by atoms with Crippen LogP contribution in [0.4, 0.5) is 0 Å². The topological polar surface area (TPSA) is 87.5 Å². The maximum atomic E-state index is 12.6. The van der Waals surface area contributed by atoms with Crippen molar-refractivity contribution >= 4 is 58.2 Å². The van der Waals surface area contributed by atoms with E-state index in [2.05, 4.69) is 0 Å². The summed E-state index contributed by atoms with van der Waals surface area (Å²) in [5.74, 6) is -2.14. The highest BCUT2D eigenvalue weighted by Gasteiger charge is 2.38. The molecule has 0 bridgehead atoms. The molecular formula is C17H17Cl2NO4S. The number of halogens is 2. The summed E-state index contributed by atoms with van der Waals surface area (Å²) in [7, 11) is 0. The highest BCUT2D eigenvalue weighted by Crippen LogP contribution is 2.40. The number of thioether (sulfide) groups is 1. The molecule has 0 amide bonds. The Morgan fingerprint density at radius 1 is 1.36 bits per heavy atom. The van der Waals surface area contributed by atoms with Gasteiger partial charge in [-0.05, 0) is 38.2 Å². The van der Waals surface area contributed by atoms with Gasteiger partial charge in [-0.3, -0.25) is 10.2 Å². The minimum Gasteiger partial charge on any atom is -0.506 e. The second kappa shape index (κ2) is 8.25. The number of carbonyl (C=O) groups is 2. The Kier molecular flexibility index (Phi) is 6.54. The SMILES string of the molecule is CCOC(=O)C(=N)C(C(=O)C1CC1)=C(O)c1ccc(Cl)c(Cl)c1SC. The van der Waals surface area contributed by atoms with Gasteiger partial charge >= 0.3 is 5.97 Å². The molecule has 134 valence electrons. The molecule has 2 N–H and O–H groups in total. The number of rotatable bonds is 7. The van der Waals surface area contributed by atoms with Gasteiger partial charge in [-0.15, -0.1) is 11.8 Å². The lowest BCUT2D eigenvalue weighted by atomic mass is 9.97. The first kappa shape index (κ1) is 19.8. The van der Waals surface area contributed by atoms with Crippen LogP contribution in [0, 0.1) is 11.3 Å². The van der Waals surface area contributed by atoms with Gasteiger partial charge in [-0.2, -0.15) is 0 Å². The second-order valence-corrected chi connectivity index (χ2v) is 7.00. The lowest BCUT2D eigenvalue weighted by Gasteiger charge is -2.14. The Morgan fingerprint density at radius 2 is 2.00 bits per heavy atom. The minimum atomic E-state index is -0.955. The number of benzene rings is 1. The van der Waals surface area contributed by atoms with Crippen LogP contribution in [-0.4, -0.2) is 35.4 Å². The number of hydrogen-bond acceptors (Lipinski definition) is 6. The van der Waals surface area contributed by atoms with Crippen molar-refractivity contribution in [2.75, 3.05) is 12.9 Å². The van der Waals surface area contributed by atoms with E-state index in [4.69, 9.17) is 33.3 Å². The van der Waals surface area contributed by atoms with Gasteiger partial charge in [0.25, 0.3) is 0 Å². The molecule has 0 unspecified atom stereocenters. The first-order valence-corrected chi connectivity index (χ1v) is 9.57. The Balaban J connectivity index is 2.62. The summed E-state index contributed by atoms with van der Waals surface area (Å²) in [4.78, 5) is 25.0. The van der Waals surface area contributed by atoms with Crippen molar-refractivity contribution < 1.29 is 19.4 Å². The summed E-state index contributed by atoms with van der Waals surface area (Å²) in [6.45, 7) is 1.66. The third kappa shape index (κ3) is 4.19.